The Morgan fingerprint density at radius 2 is 1.84 bits per heavy atom. The van der Waals surface area contributed by atoms with Gasteiger partial charge >= 0.3 is 0 Å². The fourth-order valence-electron chi connectivity index (χ4n) is 5.72. The monoisotopic (exact) mass is 496 g/mol. The molecule has 0 bridgehead atoms. The molecule has 2 aliphatic rings. The largest absolute Gasteiger partial charge is 0.491 e. The van der Waals surface area contributed by atoms with Crippen molar-refractivity contribution in [3.05, 3.63) is 70.8 Å². The third kappa shape index (κ3) is 4.59. The number of aliphatic hydroxyl groups is 1. The number of hydrogen-bond donors (Lipinski definition) is 2. The predicted molar refractivity (Wildman–Crippen MR) is 148 cm³/mol. The Labute approximate surface area is 218 Å². The van der Waals surface area contributed by atoms with Gasteiger partial charge in [0, 0.05) is 23.5 Å². The van der Waals surface area contributed by atoms with Gasteiger partial charge in [0.2, 0.25) is 0 Å². The molecule has 3 heterocycles. The summed E-state index contributed by atoms with van der Waals surface area (Å²) in [4.78, 5) is 15.3. The number of pyridine rings is 1. The zero-order valence-corrected chi connectivity index (χ0v) is 22.5. The van der Waals surface area contributed by atoms with E-state index in [1.807, 2.05) is 20.8 Å². The number of aromatic nitrogens is 3. The number of rotatable bonds is 3. The first-order chi connectivity index (χ1) is 17.6. The van der Waals surface area contributed by atoms with Crippen LogP contribution in [0.3, 0.4) is 0 Å². The van der Waals surface area contributed by atoms with Crippen LogP contribution in [0, 0.1) is 12.3 Å². The van der Waals surface area contributed by atoms with Gasteiger partial charge in [0.1, 0.15) is 23.8 Å². The molecule has 0 saturated heterocycles. The van der Waals surface area contributed by atoms with E-state index < -0.39 is 5.60 Å². The Balaban J connectivity index is 1.40. The molecule has 37 heavy (non-hydrogen) atoms. The molecule has 0 fully saturated rings. The van der Waals surface area contributed by atoms with Crippen molar-refractivity contribution in [1.29, 1.82) is 0 Å². The van der Waals surface area contributed by atoms with Gasteiger partial charge in [0.15, 0.2) is 0 Å². The number of ether oxygens (including phenoxy) is 1. The number of nitrogens with one attached hydrogen (secondary N) is 1. The lowest BCUT2D eigenvalue weighted by Crippen LogP contribution is -2.32. The van der Waals surface area contributed by atoms with Crippen LogP contribution in [-0.2, 0) is 25.0 Å². The summed E-state index contributed by atoms with van der Waals surface area (Å²) in [7, 11) is 0. The maximum atomic E-state index is 10.9. The lowest BCUT2D eigenvalue weighted by Gasteiger charge is -2.36. The van der Waals surface area contributed by atoms with Crippen LogP contribution in [0.25, 0.3) is 22.2 Å². The lowest BCUT2D eigenvalue weighted by molar-refractivity contribution is 0.0735. The molecule has 1 aliphatic heterocycles. The molecule has 0 radical (unpaired) electrons. The summed E-state index contributed by atoms with van der Waals surface area (Å²) in [5.41, 5.74) is 9.14. The third-order valence-electron chi connectivity index (χ3n) is 7.82. The number of fused-ring (bicyclic) bond motifs is 3. The quantitative estimate of drug-likeness (QED) is 0.360. The first-order valence-corrected chi connectivity index (χ1v) is 13.3. The van der Waals surface area contributed by atoms with Crippen molar-refractivity contribution in [2.75, 3.05) is 18.1 Å². The molecular formula is C31H36N4O2. The Morgan fingerprint density at radius 3 is 2.65 bits per heavy atom. The summed E-state index contributed by atoms with van der Waals surface area (Å²) in [5, 5.41) is 10.9. The van der Waals surface area contributed by atoms with E-state index in [9.17, 15) is 5.11 Å². The molecule has 1 aliphatic carbocycles. The van der Waals surface area contributed by atoms with Gasteiger partial charge in [-0.15, -0.1) is 0 Å². The van der Waals surface area contributed by atoms with E-state index in [1.165, 1.54) is 16.8 Å². The standard InChI is InChI=1S/C31H36N4O2/c1-19-32-25-8-6-21(15-26(25)33-19)20-7-9-28-22(14-20)18-35(12-13-37-28)27-16-29(31(4,5)36)34-24-10-11-30(2,3)17-23(24)27/h6-9,14-16,36H,10-13,17-18H2,1-5H3,(H,32,33). The van der Waals surface area contributed by atoms with Gasteiger partial charge < -0.3 is 19.7 Å². The van der Waals surface area contributed by atoms with E-state index in [4.69, 9.17) is 9.72 Å². The van der Waals surface area contributed by atoms with E-state index in [0.29, 0.717) is 6.61 Å². The highest BCUT2D eigenvalue weighted by Crippen LogP contribution is 2.41. The van der Waals surface area contributed by atoms with E-state index in [-0.39, 0.29) is 5.41 Å². The zero-order chi connectivity index (χ0) is 25.9. The Morgan fingerprint density at radius 1 is 1.05 bits per heavy atom. The van der Waals surface area contributed by atoms with Crippen LogP contribution in [0.15, 0.2) is 42.5 Å². The average Bonchev–Trinajstić information content (AvgIpc) is 3.08. The second kappa shape index (κ2) is 8.59. The van der Waals surface area contributed by atoms with Crippen molar-refractivity contribution in [2.45, 2.75) is 66.0 Å². The minimum Gasteiger partial charge on any atom is -0.491 e. The van der Waals surface area contributed by atoms with E-state index in [0.717, 1.165) is 77.5 Å². The Kier molecular flexibility index (Phi) is 5.57. The molecular weight excluding hydrogens is 460 g/mol. The fraction of sp³-hybridized carbons (Fsp3) is 0.419. The fourth-order valence-corrected chi connectivity index (χ4v) is 5.72. The van der Waals surface area contributed by atoms with Gasteiger partial charge in [-0.2, -0.15) is 0 Å². The first-order valence-electron chi connectivity index (χ1n) is 13.3. The highest BCUT2D eigenvalue weighted by molar-refractivity contribution is 5.82. The second-order valence-corrected chi connectivity index (χ2v) is 12.0. The molecule has 2 aromatic heterocycles. The van der Waals surface area contributed by atoms with Gasteiger partial charge in [0.05, 0.1) is 23.3 Å². The van der Waals surface area contributed by atoms with Crippen LogP contribution >= 0.6 is 0 Å². The number of anilines is 1. The summed E-state index contributed by atoms with van der Waals surface area (Å²) in [6.45, 7) is 12.5. The summed E-state index contributed by atoms with van der Waals surface area (Å²) in [6, 6.07) is 15.0. The van der Waals surface area contributed by atoms with E-state index >= 15 is 0 Å². The van der Waals surface area contributed by atoms with Crippen molar-refractivity contribution < 1.29 is 9.84 Å². The van der Waals surface area contributed by atoms with Crippen LogP contribution in [0.1, 0.15) is 62.5 Å². The van der Waals surface area contributed by atoms with Gasteiger partial charge in [-0.25, -0.2) is 4.98 Å². The van der Waals surface area contributed by atoms with Gasteiger partial charge in [0.25, 0.3) is 0 Å². The van der Waals surface area contributed by atoms with Crippen LogP contribution in [0.4, 0.5) is 5.69 Å². The minimum atomic E-state index is -0.992. The second-order valence-electron chi connectivity index (χ2n) is 12.0. The van der Waals surface area contributed by atoms with Gasteiger partial charge in [-0.05, 0) is 92.5 Å². The van der Waals surface area contributed by atoms with Crippen molar-refractivity contribution in [3.8, 4) is 16.9 Å². The average molecular weight is 497 g/mol. The van der Waals surface area contributed by atoms with Crippen molar-refractivity contribution in [2.24, 2.45) is 5.41 Å². The van der Waals surface area contributed by atoms with E-state index in [2.05, 4.69) is 71.2 Å². The number of H-pyrrole nitrogens is 1. The number of aryl methyl sites for hydroxylation is 2. The molecule has 2 N–H and O–H groups in total. The third-order valence-corrected chi connectivity index (χ3v) is 7.82. The molecule has 0 spiro atoms. The molecule has 0 saturated carbocycles. The summed E-state index contributed by atoms with van der Waals surface area (Å²) in [5.74, 6) is 1.86. The van der Waals surface area contributed by atoms with Gasteiger partial charge in [-0.3, -0.25) is 4.98 Å². The van der Waals surface area contributed by atoms with Crippen molar-refractivity contribution >= 4 is 16.7 Å². The molecule has 192 valence electrons. The smallest absolute Gasteiger partial charge is 0.124 e. The normalized spacial score (nSPS) is 17.2. The molecule has 0 unspecified atom stereocenters. The van der Waals surface area contributed by atoms with Crippen LogP contribution in [-0.4, -0.2) is 33.2 Å². The Bertz CT molecular complexity index is 1500. The maximum absolute atomic E-state index is 10.9. The summed E-state index contributed by atoms with van der Waals surface area (Å²) < 4.78 is 6.22. The van der Waals surface area contributed by atoms with E-state index in [1.54, 1.807) is 0 Å². The lowest BCUT2D eigenvalue weighted by atomic mass is 9.75. The summed E-state index contributed by atoms with van der Waals surface area (Å²) in [6.07, 6.45) is 3.04. The molecule has 0 atom stereocenters. The van der Waals surface area contributed by atoms with Crippen LogP contribution in [0.5, 0.6) is 5.75 Å². The number of aromatic amines is 1. The number of imidazole rings is 1. The topological polar surface area (TPSA) is 74.3 Å². The summed E-state index contributed by atoms with van der Waals surface area (Å²) >= 11 is 0. The number of benzene rings is 2. The molecule has 6 heteroatoms. The van der Waals surface area contributed by atoms with Crippen molar-refractivity contribution in [3.63, 3.8) is 0 Å². The number of hydrogen-bond acceptors (Lipinski definition) is 5. The van der Waals surface area contributed by atoms with Gasteiger partial charge in [-0.1, -0.05) is 26.0 Å². The molecule has 4 aromatic rings. The highest BCUT2D eigenvalue weighted by Gasteiger charge is 2.32. The Hall–Kier alpha value is -3.38. The number of nitrogens with zero attached hydrogens (tertiary/aromatic N) is 3. The maximum Gasteiger partial charge on any atom is 0.124 e. The van der Waals surface area contributed by atoms with Crippen LogP contribution < -0.4 is 9.64 Å². The SMILES string of the molecule is Cc1nc2ccc(-c3ccc4c(c3)CN(c3cc(C(C)(C)O)nc5c3CC(C)(C)CC5)CCO4)cc2[nH]1. The van der Waals surface area contributed by atoms with Crippen LogP contribution in [0.2, 0.25) is 0 Å². The minimum absolute atomic E-state index is 0.233. The predicted octanol–water partition coefficient (Wildman–Crippen LogP) is 6.07. The van der Waals surface area contributed by atoms with Crippen molar-refractivity contribution in [1.82, 2.24) is 15.0 Å². The molecule has 6 nitrogen and oxygen atoms in total. The first kappa shape index (κ1) is 24.0. The highest BCUT2D eigenvalue weighted by atomic mass is 16.5. The zero-order valence-electron chi connectivity index (χ0n) is 22.5. The molecule has 0 amide bonds. The molecule has 6 rings (SSSR count). The molecule has 2 aromatic carbocycles.